The van der Waals surface area contributed by atoms with Gasteiger partial charge in [-0.2, -0.15) is 0 Å². The van der Waals surface area contributed by atoms with Crippen molar-refractivity contribution in [2.75, 3.05) is 13.3 Å². The third-order valence-corrected chi connectivity index (χ3v) is 4.39. The minimum Gasteiger partial charge on any atom is -0.361 e. The molecule has 0 bridgehead atoms. The molecule has 0 aliphatic carbocycles. The van der Waals surface area contributed by atoms with Crippen LogP contribution in [0.2, 0.25) is 0 Å². The summed E-state index contributed by atoms with van der Waals surface area (Å²) < 4.78 is 5.95. The molecule has 2 aliphatic rings. The van der Waals surface area contributed by atoms with Crippen LogP contribution < -0.4 is 0 Å². The second-order valence-corrected chi connectivity index (χ2v) is 5.77. The second kappa shape index (κ2) is 7.38. The molecule has 0 amide bonds. The van der Waals surface area contributed by atoms with E-state index < -0.39 is 0 Å². The Hall–Kier alpha value is -0.0800. The molecule has 0 N–H and O–H groups in total. The highest BCUT2D eigenvalue weighted by Crippen LogP contribution is 2.29. The first kappa shape index (κ1) is 13.4. The lowest BCUT2D eigenvalue weighted by Gasteiger charge is -2.30. The number of nitrogens with zero attached hydrogens (tertiary/aromatic N) is 1. The van der Waals surface area contributed by atoms with Crippen molar-refractivity contribution in [1.29, 1.82) is 0 Å². The first-order valence-corrected chi connectivity index (χ1v) is 7.77. The molecule has 2 saturated heterocycles. The van der Waals surface area contributed by atoms with Gasteiger partial charge in [-0.05, 0) is 19.3 Å². The van der Waals surface area contributed by atoms with Crippen LogP contribution in [-0.2, 0) is 4.74 Å². The van der Waals surface area contributed by atoms with Gasteiger partial charge >= 0.3 is 0 Å². The minimum atomic E-state index is 0.557. The molecular formula is C15H29NO. The monoisotopic (exact) mass is 239 g/mol. The lowest BCUT2D eigenvalue weighted by atomic mass is 9.95. The van der Waals surface area contributed by atoms with Crippen LogP contribution in [0, 0.1) is 0 Å². The lowest BCUT2D eigenvalue weighted by Crippen LogP contribution is -2.38. The van der Waals surface area contributed by atoms with E-state index in [1.807, 2.05) is 0 Å². The van der Waals surface area contributed by atoms with Crippen LogP contribution in [0.3, 0.4) is 0 Å². The molecule has 0 saturated carbocycles. The van der Waals surface area contributed by atoms with Crippen LogP contribution in [0.25, 0.3) is 0 Å². The van der Waals surface area contributed by atoms with E-state index in [1.54, 1.807) is 0 Å². The Morgan fingerprint density at radius 1 is 1.06 bits per heavy atom. The zero-order valence-electron chi connectivity index (χ0n) is 11.5. The van der Waals surface area contributed by atoms with Gasteiger partial charge in [0, 0.05) is 12.6 Å². The number of ether oxygens (including phenoxy) is 1. The molecule has 0 aromatic heterocycles. The van der Waals surface area contributed by atoms with Gasteiger partial charge in [0.1, 0.15) is 0 Å². The highest BCUT2D eigenvalue weighted by Gasteiger charge is 2.35. The highest BCUT2D eigenvalue weighted by atomic mass is 16.5. The molecule has 2 nitrogen and oxygen atoms in total. The topological polar surface area (TPSA) is 12.5 Å². The van der Waals surface area contributed by atoms with E-state index in [0.717, 1.165) is 12.8 Å². The number of fused-ring (bicyclic) bond motifs is 1. The van der Waals surface area contributed by atoms with E-state index in [4.69, 9.17) is 4.74 Å². The van der Waals surface area contributed by atoms with E-state index in [0.29, 0.717) is 6.10 Å². The molecule has 0 spiro atoms. The van der Waals surface area contributed by atoms with Crippen LogP contribution in [0.5, 0.6) is 0 Å². The molecule has 2 atom stereocenters. The predicted octanol–water partition coefficient (Wildman–Crippen LogP) is 3.95. The van der Waals surface area contributed by atoms with Crippen LogP contribution in [0.4, 0.5) is 0 Å². The maximum Gasteiger partial charge on any atom is 0.0998 e. The predicted molar refractivity (Wildman–Crippen MR) is 72.1 cm³/mol. The van der Waals surface area contributed by atoms with Gasteiger partial charge in [0.15, 0.2) is 0 Å². The van der Waals surface area contributed by atoms with E-state index >= 15 is 0 Å². The molecule has 0 aromatic rings. The second-order valence-electron chi connectivity index (χ2n) is 5.77. The van der Waals surface area contributed by atoms with Crippen molar-refractivity contribution >= 4 is 0 Å². The summed E-state index contributed by atoms with van der Waals surface area (Å²) in [6.45, 7) is 4.47. The molecule has 2 heterocycles. The maximum atomic E-state index is 5.95. The molecular weight excluding hydrogens is 210 g/mol. The Morgan fingerprint density at radius 3 is 2.76 bits per heavy atom. The van der Waals surface area contributed by atoms with Crippen molar-refractivity contribution in [3.63, 3.8) is 0 Å². The number of hydrogen-bond donors (Lipinski definition) is 0. The smallest absolute Gasteiger partial charge is 0.0998 e. The Morgan fingerprint density at radius 2 is 1.88 bits per heavy atom. The van der Waals surface area contributed by atoms with Gasteiger partial charge in [-0.1, -0.05) is 51.9 Å². The third-order valence-electron chi connectivity index (χ3n) is 4.39. The van der Waals surface area contributed by atoms with E-state index in [9.17, 15) is 0 Å². The summed E-state index contributed by atoms with van der Waals surface area (Å²) in [4.78, 5) is 2.56. The summed E-state index contributed by atoms with van der Waals surface area (Å²) in [7, 11) is 0. The fraction of sp³-hybridized carbons (Fsp3) is 1.00. The van der Waals surface area contributed by atoms with Crippen molar-refractivity contribution in [3.8, 4) is 0 Å². The summed E-state index contributed by atoms with van der Waals surface area (Å²) in [5.41, 5.74) is 0. The zero-order valence-corrected chi connectivity index (χ0v) is 11.5. The van der Waals surface area contributed by atoms with E-state index in [2.05, 4.69) is 11.8 Å². The highest BCUT2D eigenvalue weighted by molar-refractivity contribution is 4.86. The lowest BCUT2D eigenvalue weighted by molar-refractivity contribution is 0.0828. The first-order valence-electron chi connectivity index (χ1n) is 7.77. The van der Waals surface area contributed by atoms with Gasteiger partial charge < -0.3 is 4.74 Å². The average Bonchev–Trinajstić information content (AvgIpc) is 2.77. The van der Waals surface area contributed by atoms with Crippen LogP contribution in [0.15, 0.2) is 0 Å². The quantitative estimate of drug-likeness (QED) is 0.624. The molecule has 100 valence electrons. The van der Waals surface area contributed by atoms with Gasteiger partial charge in [-0.15, -0.1) is 0 Å². The summed E-state index contributed by atoms with van der Waals surface area (Å²) in [6.07, 6.45) is 14.4. The van der Waals surface area contributed by atoms with Crippen molar-refractivity contribution in [1.82, 2.24) is 4.90 Å². The van der Waals surface area contributed by atoms with Crippen molar-refractivity contribution < 1.29 is 4.74 Å². The molecule has 0 aromatic carbocycles. The summed E-state index contributed by atoms with van der Waals surface area (Å²) >= 11 is 0. The number of rotatable bonds is 7. The molecule has 17 heavy (non-hydrogen) atoms. The first-order chi connectivity index (χ1) is 8.42. The SMILES string of the molecule is CCCCCCCCC1OCN2CCCCC12. The zero-order chi connectivity index (χ0) is 11.9. The van der Waals surface area contributed by atoms with Gasteiger partial charge in [0.2, 0.25) is 0 Å². The molecule has 2 unspecified atom stereocenters. The van der Waals surface area contributed by atoms with Gasteiger partial charge in [0.05, 0.1) is 12.8 Å². The average molecular weight is 239 g/mol. The Bertz CT molecular complexity index is 207. The van der Waals surface area contributed by atoms with E-state index in [1.165, 1.54) is 70.8 Å². The molecule has 2 aliphatic heterocycles. The maximum absolute atomic E-state index is 5.95. The van der Waals surface area contributed by atoms with Gasteiger partial charge in [0.25, 0.3) is 0 Å². The van der Waals surface area contributed by atoms with E-state index in [-0.39, 0.29) is 0 Å². The third kappa shape index (κ3) is 3.96. The van der Waals surface area contributed by atoms with Crippen LogP contribution in [0.1, 0.15) is 71.1 Å². The minimum absolute atomic E-state index is 0.557. The molecule has 0 radical (unpaired) electrons. The summed E-state index contributed by atoms with van der Waals surface area (Å²) in [5, 5.41) is 0. The fourth-order valence-electron chi connectivity index (χ4n) is 3.30. The Kier molecular flexibility index (Phi) is 5.79. The van der Waals surface area contributed by atoms with Crippen molar-refractivity contribution in [3.05, 3.63) is 0 Å². The Labute approximate surface area is 107 Å². The van der Waals surface area contributed by atoms with Crippen molar-refractivity contribution in [2.24, 2.45) is 0 Å². The standard InChI is InChI=1S/C15H29NO/c1-2-3-4-5-6-7-11-15-14-10-8-9-12-16(14)13-17-15/h14-15H,2-13H2,1H3. The number of unbranched alkanes of at least 4 members (excludes halogenated alkanes) is 5. The number of hydrogen-bond acceptors (Lipinski definition) is 2. The molecule has 2 heteroatoms. The molecule has 2 fully saturated rings. The fourth-order valence-corrected chi connectivity index (χ4v) is 3.30. The Balaban J connectivity index is 1.56. The van der Waals surface area contributed by atoms with Gasteiger partial charge in [-0.25, -0.2) is 0 Å². The van der Waals surface area contributed by atoms with Crippen molar-refractivity contribution in [2.45, 2.75) is 83.3 Å². The molecule has 2 rings (SSSR count). The number of piperidine rings is 1. The van der Waals surface area contributed by atoms with Crippen LogP contribution in [-0.4, -0.2) is 30.3 Å². The summed E-state index contributed by atoms with van der Waals surface area (Å²) in [5.74, 6) is 0. The largest absolute Gasteiger partial charge is 0.361 e. The van der Waals surface area contributed by atoms with Crippen LogP contribution >= 0.6 is 0 Å². The summed E-state index contributed by atoms with van der Waals surface area (Å²) in [6, 6.07) is 0.763. The van der Waals surface area contributed by atoms with Gasteiger partial charge in [-0.3, -0.25) is 4.90 Å². The normalized spacial score (nSPS) is 29.5.